The third-order valence-corrected chi connectivity index (χ3v) is 2.70. The lowest BCUT2D eigenvalue weighted by molar-refractivity contribution is -0.148. The number of hydrogen-bond acceptors (Lipinski definition) is 6. The van der Waals surface area contributed by atoms with Gasteiger partial charge in [-0.05, 0) is 20.8 Å². The monoisotopic (exact) mass is 298 g/mol. The molecule has 0 aliphatic carbocycles. The maximum Gasteiger partial charge on any atom is 0.418 e. The van der Waals surface area contributed by atoms with Crippen molar-refractivity contribution in [1.82, 2.24) is 9.80 Å². The lowest BCUT2D eigenvalue weighted by Gasteiger charge is -2.25. The van der Waals surface area contributed by atoms with E-state index in [1.807, 2.05) is 0 Å². The second-order valence-electron chi connectivity index (χ2n) is 6.02. The van der Waals surface area contributed by atoms with Crippen molar-refractivity contribution >= 4 is 18.0 Å². The molecule has 1 atom stereocenters. The van der Waals surface area contributed by atoms with Crippen molar-refractivity contribution in [2.24, 2.45) is 0 Å². The lowest BCUT2D eigenvalue weighted by atomic mass is 10.1. The first kappa shape index (κ1) is 17.0. The number of ether oxygens (including phenoxy) is 2. The molecule has 2 amide bonds. The van der Waals surface area contributed by atoms with Crippen LogP contribution in [0.3, 0.4) is 0 Å². The number of carbonyl (C=O) groups excluding carboxylic acids is 3. The van der Waals surface area contributed by atoms with Gasteiger partial charge < -0.3 is 14.4 Å². The van der Waals surface area contributed by atoms with Crippen LogP contribution in [0.1, 0.15) is 27.2 Å². The summed E-state index contributed by atoms with van der Waals surface area (Å²) in [5, 5.41) is 0. The molecule has 1 rings (SSSR count). The number of rotatable bonds is 2. The van der Waals surface area contributed by atoms with Gasteiger partial charge in [0, 0.05) is 32.3 Å². The molecular formula is C14H22N2O5. The van der Waals surface area contributed by atoms with Crippen molar-refractivity contribution in [3.8, 4) is 0 Å². The van der Waals surface area contributed by atoms with Gasteiger partial charge in [-0.25, -0.2) is 14.5 Å². The van der Waals surface area contributed by atoms with Crippen LogP contribution in [-0.4, -0.2) is 60.6 Å². The van der Waals surface area contributed by atoms with Gasteiger partial charge in [0.2, 0.25) is 0 Å². The van der Waals surface area contributed by atoms with Gasteiger partial charge in [0.15, 0.2) is 0 Å². The van der Waals surface area contributed by atoms with E-state index in [-0.39, 0.29) is 6.42 Å². The minimum Gasteiger partial charge on any atom is -0.467 e. The quantitative estimate of drug-likeness (QED) is 0.562. The first-order valence-electron chi connectivity index (χ1n) is 6.58. The highest BCUT2D eigenvalue weighted by Gasteiger charge is 2.46. The van der Waals surface area contributed by atoms with Crippen LogP contribution in [0, 0.1) is 0 Å². The van der Waals surface area contributed by atoms with Gasteiger partial charge in [0.1, 0.15) is 11.6 Å². The molecule has 7 heteroatoms. The molecule has 118 valence electrons. The summed E-state index contributed by atoms with van der Waals surface area (Å²) in [5.74, 6) is -1.18. The fraction of sp³-hybridized carbons (Fsp3) is 0.643. The smallest absolute Gasteiger partial charge is 0.418 e. The van der Waals surface area contributed by atoms with Gasteiger partial charge in [-0.3, -0.25) is 4.79 Å². The molecule has 0 N–H and O–H groups in total. The average molecular weight is 298 g/mol. The summed E-state index contributed by atoms with van der Waals surface area (Å²) < 4.78 is 9.85. The molecule has 1 aliphatic rings. The Hall–Kier alpha value is -2.05. The van der Waals surface area contributed by atoms with E-state index in [4.69, 9.17) is 4.74 Å². The van der Waals surface area contributed by atoms with E-state index >= 15 is 0 Å². The molecule has 1 heterocycles. The molecule has 0 spiro atoms. The van der Waals surface area contributed by atoms with Crippen LogP contribution >= 0.6 is 0 Å². The van der Waals surface area contributed by atoms with Crippen LogP contribution in [0.25, 0.3) is 0 Å². The molecule has 0 saturated carbocycles. The van der Waals surface area contributed by atoms with E-state index in [1.54, 1.807) is 46.0 Å². The number of hydrogen-bond donors (Lipinski definition) is 0. The van der Waals surface area contributed by atoms with E-state index in [2.05, 4.69) is 4.74 Å². The summed E-state index contributed by atoms with van der Waals surface area (Å²) >= 11 is 0. The van der Waals surface area contributed by atoms with E-state index in [0.717, 1.165) is 4.90 Å². The highest BCUT2D eigenvalue weighted by molar-refractivity contribution is 6.08. The van der Waals surface area contributed by atoms with Gasteiger partial charge in [-0.15, -0.1) is 0 Å². The van der Waals surface area contributed by atoms with Crippen LogP contribution < -0.4 is 0 Å². The predicted molar refractivity (Wildman–Crippen MR) is 75.3 cm³/mol. The van der Waals surface area contributed by atoms with Crippen molar-refractivity contribution in [2.45, 2.75) is 38.8 Å². The molecule has 1 saturated heterocycles. The Morgan fingerprint density at radius 1 is 1.33 bits per heavy atom. The summed E-state index contributed by atoms with van der Waals surface area (Å²) in [7, 11) is 4.72. The van der Waals surface area contributed by atoms with E-state index in [9.17, 15) is 14.4 Å². The van der Waals surface area contributed by atoms with Crippen molar-refractivity contribution in [1.29, 1.82) is 0 Å². The van der Waals surface area contributed by atoms with Crippen molar-refractivity contribution in [3.05, 3.63) is 11.8 Å². The van der Waals surface area contributed by atoms with E-state index < -0.39 is 29.6 Å². The zero-order valence-electron chi connectivity index (χ0n) is 13.3. The first-order valence-corrected chi connectivity index (χ1v) is 6.58. The van der Waals surface area contributed by atoms with Gasteiger partial charge >= 0.3 is 12.1 Å². The third-order valence-electron chi connectivity index (χ3n) is 2.70. The topological polar surface area (TPSA) is 76.2 Å². The van der Waals surface area contributed by atoms with Gasteiger partial charge in [0.25, 0.3) is 5.91 Å². The standard InChI is InChI=1S/C14H22N2O5/c1-14(2,3)21-13(19)16-10(12(18)20-6)7-9(11(16)17)8-15(4)5/h8,10H,7H2,1-6H3/t10-/m1/s1. The molecule has 1 aliphatic heterocycles. The predicted octanol–water partition coefficient (Wildman–Crippen LogP) is 1.14. The molecule has 0 bridgehead atoms. The Balaban J connectivity index is 3.09. The number of amides is 2. The maximum atomic E-state index is 12.3. The largest absolute Gasteiger partial charge is 0.467 e. The Bertz CT molecular complexity index is 476. The Labute approximate surface area is 124 Å². The minimum atomic E-state index is -0.983. The highest BCUT2D eigenvalue weighted by atomic mass is 16.6. The zero-order valence-corrected chi connectivity index (χ0v) is 13.3. The highest BCUT2D eigenvalue weighted by Crippen LogP contribution is 2.27. The molecule has 0 aromatic rings. The SMILES string of the molecule is COC(=O)[C@H]1CC(=CN(C)C)C(=O)N1C(=O)OC(C)(C)C. The van der Waals surface area contributed by atoms with Crippen molar-refractivity contribution < 1.29 is 23.9 Å². The molecule has 21 heavy (non-hydrogen) atoms. The summed E-state index contributed by atoms with van der Waals surface area (Å²) in [6.07, 6.45) is 0.857. The lowest BCUT2D eigenvalue weighted by Crippen LogP contribution is -2.45. The average Bonchev–Trinajstić information content (AvgIpc) is 2.63. The number of likely N-dealkylation sites (tertiary alicyclic amines) is 1. The Morgan fingerprint density at radius 2 is 1.90 bits per heavy atom. The third kappa shape index (κ3) is 4.21. The summed E-state index contributed by atoms with van der Waals surface area (Å²) in [6.45, 7) is 5.07. The molecule has 0 aromatic heterocycles. The molecule has 0 aromatic carbocycles. The normalized spacial score (nSPS) is 20.7. The van der Waals surface area contributed by atoms with Crippen LogP contribution in [0.15, 0.2) is 11.8 Å². The van der Waals surface area contributed by atoms with Crippen molar-refractivity contribution in [3.63, 3.8) is 0 Å². The fourth-order valence-electron chi connectivity index (χ4n) is 1.95. The van der Waals surface area contributed by atoms with E-state index in [1.165, 1.54) is 7.11 Å². The van der Waals surface area contributed by atoms with Gasteiger partial charge in [-0.2, -0.15) is 0 Å². The van der Waals surface area contributed by atoms with E-state index in [0.29, 0.717) is 5.57 Å². The van der Waals surface area contributed by atoms with Gasteiger partial charge in [0.05, 0.1) is 7.11 Å². The molecule has 7 nitrogen and oxygen atoms in total. The first-order chi connectivity index (χ1) is 9.56. The van der Waals surface area contributed by atoms with Crippen LogP contribution in [0.2, 0.25) is 0 Å². The number of methoxy groups -OCH3 is 1. The van der Waals surface area contributed by atoms with Crippen LogP contribution in [0.5, 0.6) is 0 Å². The zero-order chi connectivity index (χ0) is 16.4. The van der Waals surface area contributed by atoms with Crippen LogP contribution in [0.4, 0.5) is 4.79 Å². The molecule has 0 radical (unpaired) electrons. The second-order valence-corrected chi connectivity index (χ2v) is 6.02. The molecule has 0 unspecified atom stereocenters. The molecular weight excluding hydrogens is 276 g/mol. The minimum absolute atomic E-state index is 0.114. The maximum absolute atomic E-state index is 12.3. The van der Waals surface area contributed by atoms with Crippen molar-refractivity contribution in [2.75, 3.05) is 21.2 Å². The number of imide groups is 1. The Morgan fingerprint density at radius 3 is 2.33 bits per heavy atom. The second kappa shape index (κ2) is 6.15. The summed E-state index contributed by atoms with van der Waals surface area (Å²) in [5.41, 5.74) is -0.396. The fourth-order valence-corrected chi connectivity index (χ4v) is 1.95. The Kier molecular flexibility index (Phi) is 4.98. The summed E-state index contributed by atoms with van der Waals surface area (Å²) in [6, 6.07) is -0.983. The summed E-state index contributed by atoms with van der Waals surface area (Å²) in [4.78, 5) is 38.8. The van der Waals surface area contributed by atoms with Gasteiger partial charge in [-0.1, -0.05) is 0 Å². The molecule has 1 fully saturated rings. The number of esters is 1. The number of carbonyl (C=O) groups is 3. The van der Waals surface area contributed by atoms with Crippen LogP contribution in [-0.2, 0) is 19.1 Å². The number of nitrogens with zero attached hydrogens (tertiary/aromatic N) is 2.